The predicted molar refractivity (Wildman–Crippen MR) is 112 cm³/mol. The first-order valence-corrected chi connectivity index (χ1v) is 9.92. The van der Waals surface area contributed by atoms with Gasteiger partial charge in [-0.2, -0.15) is 0 Å². The standard InChI is InChI=1S/C21H26ClN3O2/c1-4-24(5-2)10-6-7-14(3)25-18-9-8-15(22)11-16(18)23-17-12-20(26)21(27)13-19(17)25/h8-9,11-14,23H,4-7,10H2,1-3H3. The highest BCUT2D eigenvalue weighted by molar-refractivity contribution is 6.31. The second-order valence-corrected chi connectivity index (χ2v) is 7.43. The molecule has 0 fully saturated rings. The Morgan fingerprint density at radius 2 is 1.81 bits per heavy atom. The van der Waals surface area contributed by atoms with Gasteiger partial charge >= 0.3 is 0 Å². The molecule has 1 atom stereocenters. The van der Waals surface area contributed by atoms with Crippen LogP contribution in [-0.2, 0) is 0 Å². The molecular weight excluding hydrogens is 362 g/mol. The number of hydrogen-bond acceptors (Lipinski definition) is 3. The van der Waals surface area contributed by atoms with E-state index in [0.29, 0.717) is 10.7 Å². The van der Waals surface area contributed by atoms with E-state index in [1.807, 2.05) is 18.2 Å². The minimum absolute atomic E-state index is 0.179. The van der Waals surface area contributed by atoms with Crippen LogP contribution in [0.25, 0.3) is 22.4 Å². The average molecular weight is 388 g/mol. The van der Waals surface area contributed by atoms with Gasteiger partial charge < -0.3 is 14.5 Å². The average Bonchev–Trinajstić information content (AvgIpc) is 2.64. The lowest BCUT2D eigenvalue weighted by molar-refractivity contribution is 0.289. The Hall–Kier alpha value is -2.11. The smallest absolute Gasteiger partial charge is 0.227 e. The van der Waals surface area contributed by atoms with E-state index in [-0.39, 0.29) is 6.04 Å². The van der Waals surface area contributed by atoms with Gasteiger partial charge in [-0.3, -0.25) is 9.59 Å². The van der Waals surface area contributed by atoms with E-state index in [1.165, 1.54) is 12.1 Å². The first kappa shape index (κ1) is 19.6. The second kappa shape index (κ2) is 8.28. The van der Waals surface area contributed by atoms with Gasteiger partial charge in [-0.05, 0) is 57.6 Å². The Morgan fingerprint density at radius 3 is 2.52 bits per heavy atom. The van der Waals surface area contributed by atoms with E-state index >= 15 is 0 Å². The van der Waals surface area contributed by atoms with Crippen molar-refractivity contribution < 1.29 is 0 Å². The third-order valence-electron chi connectivity index (χ3n) is 5.24. The van der Waals surface area contributed by atoms with Gasteiger partial charge in [0.2, 0.25) is 10.9 Å². The minimum Gasteiger partial charge on any atom is -0.352 e. The summed E-state index contributed by atoms with van der Waals surface area (Å²) >= 11 is 6.16. The third kappa shape index (κ3) is 4.09. The molecule has 0 spiro atoms. The zero-order valence-electron chi connectivity index (χ0n) is 16.1. The van der Waals surface area contributed by atoms with Gasteiger partial charge in [0.25, 0.3) is 0 Å². The number of aromatic nitrogens is 2. The topological polar surface area (TPSA) is 58.1 Å². The van der Waals surface area contributed by atoms with Gasteiger partial charge in [-0.15, -0.1) is 0 Å². The van der Waals surface area contributed by atoms with Crippen molar-refractivity contribution in [1.29, 1.82) is 0 Å². The lowest BCUT2D eigenvalue weighted by atomic mass is 10.1. The lowest BCUT2D eigenvalue weighted by Gasteiger charge is -2.26. The number of halogens is 1. The molecule has 5 nitrogen and oxygen atoms in total. The first-order chi connectivity index (χ1) is 12.9. The maximum Gasteiger partial charge on any atom is 0.227 e. The molecule has 1 heterocycles. The molecule has 27 heavy (non-hydrogen) atoms. The Kier molecular flexibility index (Phi) is 6.02. The van der Waals surface area contributed by atoms with Crippen LogP contribution in [0, 0.1) is 0 Å². The van der Waals surface area contributed by atoms with Crippen LogP contribution in [-0.4, -0.2) is 34.1 Å². The van der Waals surface area contributed by atoms with Gasteiger partial charge in [-0.1, -0.05) is 25.4 Å². The molecule has 0 aromatic heterocycles. The largest absolute Gasteiger partial charge is 0.352 e. The van der Waals surface area contributed by atoms with Crippen molar-refractivity contribution in [2.24, 2.45) is 0 Å². The molecule has 1 aromatic carbocycles. The summed E-state index contributed by atoms with van der Waals surface area (Å²) in [6.07, 6.45) is 2.04. The molecule has 1 N–H and O–H groups in total. The highest BCUT2D eigenvalue weighted by Crippen LogP contribution is 2.30. The van der Waals surface area contributed by atoms with Crippen molar-refractivity contribution in [3.63, 3.8) is 0 Å². The molecule has 0 radical (unpaired) electrons. The van der Waals surface area contributed by atoms with Gasteiger partial charge in [0.1, 0.15) is 0 Å². The maximum absolute atomic E-state index is 12.0. The van der Waals surface area contributed by atoms with Crippen LogP contribution >= 0.6 is 11.6 Å². The van der Waals surface area contributed by atoms with Crippen LogP contribution in [0.1, 0.15) is 39.7 Å². The van der Waals surface area contributed by atoms with E-state index in [9.17, 15) is 9.59 Å². The molecule has 6 heteroatoms. The van der Waals surface area contributed by atoms with E-state index in [1.54, 1.807) is 0 Å². The number of benzene rings is 2. The summed E-state index contributed by atoms with van der Waals surface area (Å²) in [7, 11) is 0. The summed E-state index contributed by atoms with van der Waals surface area (Å²) in [4.78, 5) is 29.5. The van der Waals surface area contributed by atoms with Crippen molar-refractivity contribution >= 4 is 22.6 Å². The van der Waals surface area contributed by atoms with E-state index < -0.39 is 10.9 Å². The highest BCUT2D eigenvalue weighted by Gasteiger charge is 2.18. The quantitative estimate of drug-likeness (QED) is 0.489. The van der Waals surface area contributed by atoms with Crippen molar-refractivity contribution in [3.8, 4) is 11.4 Å². The molecule has 0 saturated heterocycles. The zero-order valence-corrected chi connectivity index (χ0v) is 16.8. The van der Waals surface area contributed by atoms with Crippen LogP contribution < -0.4 is 10.9 Å². The normalized spacial score (nSPS) is 12.9. The number of nitrogens with one attached hydrogen (secondary N) is 1. The molecule has 144 valence electrons. The summed E-state index contributed by atoms with van der Waals surface area (Å²) < 4.78 is 2.15. The molecule has 0 saturated carbocycles. The van der Waals surface area contributed by atoms with Crippen molar-refractivity contribution in [1.82, 2.24) is 14.5 Å². The summed E-state index contributed by atoms with van der Waals surface area (Å²) in [5.74, 6) is 0. The predicted octanol–water partition coefficient (Wildman–Crippen LogP) is 4.13. The molecule has 0 amide bonds. The molecule has 2 aliphatic rings. The maximum atomic E-state index is 12.0. The number of hydrogen-bond donors (Lipinski definition) is 1. The third-order valence-corrected chi connectivity index (χ3v) is 5.48. The fourth-order valence-corrected chi connectivity index (χ4v) is 3.87. The van der Waals surface area contributed by atoms with Crippen LogP contribution in [0.5, 0.6) is 0 Å². The zero-order chi connectivity index (χ0) is 19.6. The molecule has 3 rings (SSSR count). The van der Waals surface area contributed by atoms with Crippen molar-refractivity contribution in [3.05, 3.63) is 55.8 Å². The van der Waals surface area contributed by atoms with Gasteiger partial charge in [0, 0.05) is 23.2 Å². The number of H-pyrrole nitrogens is 1. The highest BCUT2D eigenvalue weighted by atomic mass is 35.5. The summed E-state index contributed by atoms with van der Waals surface area (Å²) in [6.45, 7) is 9.66. The van der Waals surface area contributed by atoms with Gasteiger partial charge in [-0.25, -0.2) is 0 Å². The monoisotopic (exact) mass is 387 g/mol. The molecular formula is C21H26ClN3O2. The Labute approximate surface area is 163 Å². The van der Waals surface area contributed by atoms with Crippen molar-refractivity contribution in [2.45, 2.75) is 39.7 Å². The summed E-state index contributed by atoms with van der Waals surface area (Å²) in [5, 5.41) is 0.627. The fraction of sp³-hybridized carbons (Fsp3) is 0.429. The number of aromatic amines is 1. The van der Waals surface area contributed by atoms with Crippen LogP contribution in [0.15, 0.2) is 39.9 Å². The summed E-state index contributed by atoms with van der Waals surface area (Å²) in [6, 6.07) is 8.68. The van der Waals surface area contributed by atoms with Crippen molar-refractivity contribution in [2.75, 3.05) is 19.6 Å². The Morgan fingerprint density at radius 1 is 1.11 bits per heavy atom. The molecule has 1 aliphatic heterocycles. The van der Waals surface area contributed by atoms with Gasteiger partial charge in [0.15, 0.2) is 0 Å². The van der Waals surface area contributed by atoms with E-state index in [2.05, 4.69) is 35.2 Å². The molecule has 0 bridgehead atoms. The number of rotatable bonds is 7. The minimum atomic E-state index is -0.499. The fourth-order valence-electron chi connectivity index (χ4n) is 3.70. The van der Waals surface area contributed by atoms with E-state index in [4.69, 9.17) is 11.6 Å². The Balaban J connectivity index is 2.07. The van der Waals surface area contributed by atoms with Crippen LogP contribution in [0.4, 0.5) is 0 Å². The lowest BCUT2D eigenvalue weighted by Crippen LogP contribution is -2.26. The molecule has 1 unspecified atom stereocenters. The summed E-state index contributed by atoms with van der Waals surface area (Å²) in [5.41, 5.74) is 2.26. The first-order valence-electron chi connectivity index (χ1n) is 9.54. The van der Waals surface area contributed by atoms with Crippen LogP contribution in [0.2, 0.25) is 5.02 Å². The number of fused-ring (bicyclic) bond motifs is 2. The second-order valence-electron chi connectivity index (χ2n) is 6.99. The van der Waals surface area contributed by atoms with E-state index in [0.717, 1.165) is 49.2 Å². The number of nitrogens with zero attached hydrogens (tertiary/aromatic N) is 2. The molecule has 1 aliphatic carbocycles. The molecule has 1 aromatic rings. The van der Waals surface area contributed by atoms with Gasteiger partial charge in [0.05, 0.1) is 22.4 Å². The Bertz CT molecular complexity index is 1020. The van der Waals surface area contributed by atoms with Crippen LogP contribution in [0.3, 0.4) is 0 Å². The SMILES string of the molecule is CCN(CC)CCCC(C)n1c2cc(=O)c(=O)cc-2[nH]c2cc(Cl)ccc21.